The van der Waals surface area contributed by atoms with Crippen molar-refractivity contribution in [1.82, 2.24) is 26.1 Å². The van der Waals surface area contributed by atoms with Crippen LogP contribution < -0.4 is 20.9 Å². The standard InChI is InChI=1S/C28H38FN5O3/c1-36-17-21-8-7-20(15-34(21)16-23-24(29)4-3-5-26(23)37-2)31-28(35)19-6-9-25-22(14-19)27(33-32-25)18-10-12-30-13-11-18/h3-5,10-13,19-22,25,27,32-33H,6-9,14-17H2,1-2H3,(H,31,35)/t19?,20-,21-,22?,25?,27?/m1/s1. The number of aromatic nitrogens is 1. The van der Waals surface area contributed by atoms with Gasteiger partial charge in [0, 0.05) is 62.2 Å². The lowest BCUT2D eigenvalue weighted by molar-refractivity contribution is -0.128. The molecule has 3 N–H and O–H groups in total. The number of benzene rings is 1. The fraction of sp³-hybridized carbons (Fsp3) is 0.571. The SMILES string of the molecule is COC[C@H]1CC[C@@H](NC(=O)C2CCC3NNC(c4ccncc4)C3C2)CN1Cc1c(F)cccc1OC. The minimum absolute atomic E-state index is 0.0101. The lowest BCUT2D eigenvalue weighted by Crippen LogP contribution is -2.54. The van der Waals surface area contributed by atoms with Crippen LogP contribution in [0.4, 0.5) is 4.39 Å². The van der Waals surface area contributed by atoms with Crippen LogP contribution in [0, 0.1) is 17.7 Å². The number of halogens is 1. The number of amides is 1. The summed E-state index contributed by atoms with van der Waals surface area (Å²) in [5, 5.41) is 3.35. The Morgan fingerprint density at radius 1 is 1.14 bits per heavy atom. The number of fused-ring (bicyclic) bond motifs is 1. The number of carbonyl (C=O) groups excluding carboxylic acids is 1. The topological polar surface area (TPSA) is 87.8 Å². The number of likely N-dealkylation sites (tertiary alicyclic amines) is 1. The highest BCUT2D eigenvalue weighted by atomic mass is 19.1. The van der Waals surface area contributed by atoms with E-state index < -0.39 is 0 Å². The Morgan fingerprint density at radius 2 is 1.97 bits per heavy atom. The second-order valence-corrected chi connectivity index (χ2v) is 10.6. The monoisotopic (exact) mass is 511 g/mol. The van der Waals surface area contributed by atoms with Gasteiger partial charge in [0.05, 0.1) is 19.8 Å². The molecule has 1 aliphatic carbocycles. The summed E-state index contributed by atoms with van der Waals surface area (Å²) >= 11 is 0. The first-order valence-electron chi connectivity index (χ1n) is 13.3. The normalized spacial score (nSPS) is 30.0. The molecule has 1 aromatic carbocycles. The van der Waals surface area contributed by atoms with Gasteiger partial charge in [-0.3, -0.25) is 20.1 Å². The molecular weight excluding hydrogens is 473 g/mol. The van der Waals surface area contributed by atoms with E-state index in [2.05, 4.69) is 26.1 Å². The first kappa shape index (κ1) is 26.0. The summed E-state index contributed by atoms with van der Waals surface area (Å²) in [6.07, 6.45) is 8.09. The minimum Gasteiger partial charge on any atom is -0.496 e. The second kappa shape index (κ2) is 11.9. The van der Waals surface area contributed by atoms with Crippen molar-refractivity contribution in [2.75, 3.05) is 27.4 Å². The first-order valence-corrected chi connectivity index (χ1v) is 13.3. The van der Waals surface area contributed by atoms with Crippen molar-refractivity contribution in [2.24, 2.45) is 11.8 Å². The number of methoxy groups -OCH3 is 2. The highest BCUT2D eigenvalue weighted by Crippen LogP contribution is 2.40. The summed E-state index contributed by atoms with van der Waals surface area (Å²) in [6.45, 7) is 1.63. The van der Waals surface area contributed by atoms with Crippen LogP contribution >= 0.6 is 0 Å². The fourth-order valence-corrected chi connectivity index (χ4v) is 6.39. The molecule has 3 fully saturated rings. The van der Waals surface area contributed by atoms with Gasteiger partial charge < -0.3 is 14.8 Å². The fourth-order valence-electron chi connectivity index (χ4n) is 6.39. The van der Waals surface area contributed by atoms with Gasteiger partial charge in [0.15, 0.2) is 0 Å². The molecule has 2 saturated heterocycles. The molecule has 5 rings (SSSR count). The number of nitrogens with one attached hydrogen (secondary N) is 3. The summed E-state index contributed by atoms with van der Waals surface area (Å²) < 4.78 is 25.6. The van der Waals surface area contributed by atoms with E-state index in [-0.39, 0.29) is 35.8 Å². The van der Waals surface area contributed by atoms with E-state index >= 15 is 0 Å². The van der Waals surface area contributed by atoms with E-state index in [9.17, 15) is 9.18 Å². The predicted molar refractivity (Wildman–Crippen MR) is 138 cm³/mol. The van der Waals surface area contributed by atoms with Crippen molar-refractivity contribution in [3.05, 3.63) is 59.7 Å². The van der Waals surface area contributed by atoms with E-state index in [1.54, 1.807) is 26.4 Å². The zero-order chi connectivity index (χ0) is 25.8. The van der Waals surface area contributed by atoms with Crippen LogP contribution in [-0.2, 0) is 16.1 Å². The van der Waals surface area contributed by atoms with Crippen LogP contribution in [0.15, 0.2) is 42.7 Å². The number of piperidine rings is 1. The molecule has 0 spiro atoms. The second-order valence-electron chi connectivity index (χ2n) is 10.6. The zero-order valence-electron chi connectivity index (χ0n) is 21.7. The van der Waals surface area contributed by atoms with Gasteiger partial charge in [-0.1, -0.05) is 6.07 Å². The molecule has 6 atom stereocenters. The third kappa shape index (κ3) is 5.80. The summed E-state index contributed by atoms with van der Waals surface area (Å²) in [4.78, 5) is 19.8. The van der Waals surface area contributed by atoms with Gasteiger partial charge in [-0.2, -0.15) is 0 Å². The van der Waals surface area contributed by atoms with Crippen molar-refractivity contribution < 1.29 is 18.7 Å². The Balaban J connectivity index is 1.23. The Kier molecular flexibility index (Phi) is 8.34. The van der Waals surface area contributed by atoms with Crippen LogP contribution in [0.2, 0.25) is 0 Å². The molecule has 0 bridgehead atoms. The van der Waals surface area contributed by atoms with Gasteiger partial charge >= 0.3 is 0 Å². The van der Waals surface area contributed by atoms with Gasteiger partial charge in [-0.05, 0) is 67.9 Å². The molecule has 2 aromatic rings. The van der Waals surface area contributed by atoms with Crippen LogP contribution in [0.3, 0.4) is 0 Å². The maximum Gasteiger partial charge on any atom is 0.223 e. The summed E-state index contributed by atoms with van der Waals surface area (Å²) in [5.41, 5.74) is 8.63. The first-order chi connectivity index (χ1) is 18.1. The lowest BCUT2D eigenvalue weighted by Gasteiger charge is -2.40. The van der Waals surface area contributed by atoms with Gasteiger partial charge in [0.1, 0.15) is 11.6 Å². The Labute approximate surface area is 218 Å². The predicted octanol–water partition coefficient (Wildman–Crippen LogP) is 2.96. The van der Waals surface area contributed by atoms with Crippen molar-refractivity contribution in [2.45, 2.75) is 62.8 Å². The molecule has 8 nitrogen and oxygen atoms in total. The number of ether oxygens (including phenoxy) is 2. The summed E-state index contributed by atoms with van der Waals surface area (Å²) in [5.74, 6) is 0.749. The molecule has 3 aliphatic rings. The Bertz CT molecular complexity index is 1060. The van der Waals surface area contributed by atoms with Gasteiger partial charge in [-0.15, -0.1) is 0 Å². The third-order valence-electron chi connectivity index (χ3n) is 8.37. The molecule has 200 valence electrons. The van der Waals surface area contributed by atoms with E-state index in [0.29, 0.717) is 43.0 Å². The number of hydrogen-bond acceptors (Lipinski definition) is 7. The molecule has 0 radical (unpaired) electrons. The molecule has 1 saturated carbocycles. The molecular formula is C28H38FN5O3. The molecule has 3 heterocycles. The molecule has 9 heteroatoms. The van der Waals surface area contributed by atoms with Gasteiger partial charge in [0.2, 0.25) is 5.91 Å². The van der Waals surface area contributed by atoms with E-state index in [1.807, 2.05) is 24.5 Å². The maximum atomic E-state index is 14.7. The Morgan fingerprint density at radius 3 is 2.76 bits per heavy atom. The van der Waals surface area contributed by atoms with E-state index in [1.165, 1.54) is 11.6 Å². The smallest absolute Gasteiger partial charge is 0.223 e. The van der Waals surface area contributed by atoms with E-state index in [4.69, 9.17) is 9.47 Å². The summed E-state index contributed by atoms with van der Waals surface area (Å²) in [6, 6.07) is 9.74. The number of hydrazine groups is 1. The van der Waals surface area contributed by atoms with Gasteiger partial charge in [0.25, 0.3) is 0 Å². The van der Waals surface area contributed by atoms with Crippen molar-refractivity contribution in [3.63, 3.8) is 0 Å². The number of carbonyl (C=O) groups is 1. The quantitative estimate of drug-likeness (QED) is 0.502. The zero-order valence-corrected chi connectivity index (χ0v) is 21.7. The largest absolute Gasteiger partial charge is 0.496 e. The number of pyridine rings is 1. The highest BCUT2D eigenvalue weighted by molar-refractivity contribution is 5.79. The maximum absolute atomic E-state index is 14.7. The van der Waals surface area contributed by atoms with Crippen LogP contribution in [0.1, 0.15) is 49.3 Å². The third-order valence-corrected chi connectivity index (χ3v) is 8.37. The molecule has 2 aliphatic heterocycles. The molecule has 1 amide bonds. The number of rotatable bonds is 8. The number of nitrogens with zero attached hydrogens (tertiary/aromatic N) is 2. The van der Waals surface area contributed by atoms with Gasteiger partial charge in [-0.25, -0.2) is 9.82 Å². The lowest BCUT2D eigenvalue weighted by atomic mass is 9.74. The van der Waals surface area contributed by atoms with E-state index in [0.717, 1.165) is 32.1 Å². The van der Waals surface area contributed by atoms with Crippen LogP contribution in [-0.4, -0.2) is 61.3 Å². The van der Waals surface area contributed by atoms with Crippen molar-refractivity contribution in [1.29, 1.82) is 0 Å². The minimum atomic E-state index is -0.277. The molecule has 1 aromatic heterocycles. The number of hydrogen-bond donors (Lipinski definition) is 3. The van der Waals surface area contributed by atoms with Crippen molar-refractivity contribution >= 4 is 5.91 Å². The Hall–Kier alpha value is -2.59. The summed E-state index contributed by atoms with van der Waals surface area (Å²) in [7, 11) is 3.26. The molecule has 37 heavy (non-hydrogen) atoms. The van der Waals surface area contributed by atoms with Crippen LogP contribution in [0.25, 0.3) is 0 Å². The highest BCUT2D eigenvalue weighted by Gasteiger charge is 2.43. The molecule has 4 unspecified atom stereocenters. The van der Waals surface area contributed by atoms with Crippen molar-refractivity contribution in [3.8, 4) is 5.75 Å². The van der Waals surface area contributed by atoms with Crippen LogP contribution in [0.5, 0.6) is 5.75 Å². The average molecular weight is 512 g/mol. The average Bonchev–Trinajstić information content (AvgIpc) is 3.35.